The Bertz CT molecular complexity index is 432. The van der Waals surface area contributed by atoms with Gasteiger partial charge in [-0.25, -0.2) is 0 Å². The van der Waals surface area contributed by atoms with E-state index in [1.165, 1.54) is 38.0 Å². The van der Waals surface area contributed by atoms with Crippen LogP contribution in [0, 0.1) is 12.8 Å². The molecular formula is C14H20O4. The van der Waals surface area contributed by atoms with Gasteiger partial charge < -0.3 is 13.9 Å². The molecular weight excluding hydrogens is 232 g/mol. The summed E-state index contributed by atoms with van der Waals surface area (Å²) in [6, 6.07) is 1.44. The zero-order valence-electron chi connectivity index (χ0n) is 11.0. The smallest absolute Gasteiger partial charge is 0.226 e. The summed E-state index contributed by atoms with van der Waals surface area (Å²) in [5.41, 5.74) is -0.139. The molecule has 4 heteroatoms. The molecule has 1 unspecified atom stereocenters. The van der Waals surface area contributed by atoms with Crippen LogP contribution in [0.2, 0.25) is 0 Å². The molecule has 1 aliphatic carbocycles. The third-order valence-corrected chi connectivity index (χ3v) is 3.56. The summed E-state index contributed by atoms with van der Waals surface area (Å²) < 4.78 is 16.2. The van der Waals surface area contributed by atoms with E-state index in [1.54, 1.807) is 14.0 Å². The number of hydrogen-bond acceptors (Lipinski definition) is 4. The molecule has 1 aromatic heterocycles. The van der Waals surface area contributed by atoms with E-state index in [1.807, 2.05) is 0 Å². The van der Waals surface area contributed by atoms with E-state index in [0.29, 0.717) is 18.3 Å². The summed E-state index contributed by atoms with van der Waals surface area (Å²) in [6.45, 7) is 2.15. The van der Waals surface area contributed by atoms with Crippen LogP contribution in [0.3, 0.4) is 0 Å². The Kier molecular flexibility index (Phi) is 4.42. The zero-order chi connectivity index (χ0) is 13.0. The molecule has 100 valence electrons. The quantitative estimate of drug-likeness (QED) is 0.808. The van der Waals surface area contributed by atoms with Crippen molar-refractivity contribution >= 4 is 0 Å². The van der Waals surface area contributed by atoms with Crippen molar-refractivity contribution in [3.8, 4) is 5.75 Å². The van der Waals surface area contributed by atoms with Crippen LogP contribution in [0.25, 0.3) is 0 Å². The Hall–Kier alpha value is -1.29. The van der Waals surface area contributed by atoms with Crippen LogP contribution < -0.4 is 10.2 Å². The predicted molar refractivity (Wildman–Crippen MR) is 68.0 cm³/mol. The van der Waals surface area contributed by atoms with Gasteiger partial charge in [-0.15, -0.1) is 0 Å². The summed E-state index contributed by atoms with van der Waals surface area (Å²) in [5.74, 6) is 1.40. The van der Waals surface area contributed by atoms with Gasteiger partial charge in [-0.05, 0) is 25.7 Å². The molecule has 1 fully saturated rings. The van der Waals surface area contributed by atoms with Gasteiger partial charge in [0.1, 0.15) is 18.6 Å². The Morgan fingerprint density at radius 1 is 1.44 bits per heavy atom. The van der Waals surface area contributed by atoms with Gasteiger partial charge in [0.2, 0.25) is 11.2 Å². The fourth-order valence-electron chi connectivity index (χ4n) is 2.50. The molecule has 1 heterocycles. The molecule has 18 heavy (non-hydrogen) atoms. The van der Waals surface area contributed by atoms with Crippen molar-refractivity contribution in [3.63, 3.8) is 0 Å². The average molecular weight is 252 g/mol. The highest BCUT2D eigenvalue weighted by Gasteiger charge is 2.25. The number of hydrogen-bond donors (Lipinski definition) is 0. The Balaban J connectivity index is 1.94. The van der Waals surface area contributed by atoms with Crippen molar-refractivity contribution in [1.82, 2.24) is 0 Å². The summed E-state index contributed by atoms with van der Waals surface area (Å²) in [6.07, 6.45) is 6.33. The van der Waals surface area contributed by atoms with Crippen molar-refractivity contribution in [2.75, 3.05) is 13.7 Å². The van der Waals surface area contributed by atoms with E-state index in [9.17, 15) is 4.79 Å². The lowest BCUT2D eigenvalue weighted by Gasteiger charge is -2.21. The van der Waals surface area contributed by atoms with E-state index in [0.717, 1.165) is 0 Å². The Morgan fingerprint density at radius 2 is 2.17 bits per heavy atom. The number of methoxy groups -OCH3 is 1. The molecule has 0 radical (unpaired) electrons. The highest BCUT2D eigenvalue weighted by molar-refractivity contribution is 5.17. The van der Waals surface area contributed by atoms with Gasteiger partial charge >= 0.3 is 0 Å². The largest absolute Gasteiger partial charge is 0.484 e. The normalized spacial score (nSPS) is 17.9. The standard InChI is InChI=1S/C14H20O4/c1-10-7-12(15)14(9-17-10)18-8-13(16-2)11-5-3-4-6-11/h7,9,11,13H,3-6,8H2,1-2H3. The number of ether oxygens (including phenoxy) is 2. The van der Waals surface area contributed by atoms with Crippen LogP contribution in [-0.4, -0.2) is 19.8 Å². The summed E-state index contributed by atoms with van der Waals surface area (Å²) in [7, 11) is 1.70. The zero-order valence-corrected chi connectivity index (χ0v) is 11.0. The van der Waals surface area contributed by atoms with Crippen molar-refractivity contribution in [1.29, 1.82) is 0 Å². The lowest BCUT2D eigenvalue weighted by molar-refractivity contribution is 0.0165. The molecule has 0 bridgehead atoms. The Labute approximate surface area is 107 Å². The first-order valence-electron chi connectivity index (χ1n) is 6.45. The van der Waals surface area contributed by atoms with Gasteiger partial charge in [0.05, 0.1) is 6.10 Å². The topological polar surface area (TPSA) is 48.7 Å². The maximum atomic E-state index is 11.6. The predicted octanol–water partition coefficient (Wildman–Crippen LogP) is 2.53. The fraction of sp³-hybridized carbons (Fsp3) is 0.643. The first-order chi connectivity index (χ1) is 8.70. The minimum atomic E-state index is -0.139. The van der Waals surface area contributed by atoms with E-state index < -0.39 is 0 Å². The molecule has 0 saturated heterocycles. The van der Waals surface area contributed by atoms with E-state index >= 15 is 0 Å². The molecule has 4 nitrogen and oxygen atoms in total. The van der Waals surface area contributed by atoms with Crippen LogP contribution in [0.4, 0.5) is 0 Å². The second-order valence-electron chi connectivity index (χ2n) is 4.85. The highest BCUT2D eigenvalue weighted by atomic mass is 16.5. The molecule has 0 spiro atoms. The molecule has 2 rings (SSSR count). The Morgan fingerprint density at radius 3 is 2.78 bits per heavy atom. The van der Waals surface area contributed by atoms with Gasteiger partial charge in [0.15, 0.2) is 0 Å². The molecule has 0 N–H and O–H groups in total. The van der Waals surface area contributed by atoms with Crippen LogP contribution in [0.15, 0.2) is 21.5 Å². The van der Waals surface area contributed by atoms with Crippen molar-refractivity contribution in [2.24, 2.45) is 5.92 Å². The van der Waals surface area contributed by atoms with Crippen LogP contribution in [0.1, 0.15) is 31.4 Å². The van der Waals surface area contributed by atoms with Crippen molar-refractivity contribution in [2.45, 2.75) is 38.7 Å². The average Bonchev–Trinajstić information content (AvgIpc) is 2.86. The minimum absolute atomic E-state index is 0.0632. The monoisotopic (exact) mass is 252 g/mol. The summed E-state index contributed by atoms with van der Waals surface area (Å²) >= 11 is 0. The van der Waals surface area contributed by atoms with Gasteiger partial charge in [0, 0.05) is 13.2 Å². The molecule has 1 aromatic rings. The summed E-state index contributed by atoms with van der Waals surface area (Å²) in [5, 5.41) is 0. The van der Waals surface area contributed by atoms with E-state index in [-0.39, 0.29) is 17.3 Å². The lowest BCUT2D eigenvalue weighted by Crippen LogP contribution is -2.28. The first-order valence-corrected chi connectivity index (χ1v) is 6.45. The maximum absolute atomic E-state index is 11.6. The van der Waals surface area contributed by atoms with Crippen LogP contribution >= 0.6 is 0 Å². The van der Waals surface area contributed by atoms with E-state index in [2.05, 4.69) is 0 Å². The van der Waals surface area contributed by atoms with Crippen molar-refractivity contribution in [3.05, 3.63) is 28.3 Å². The molecule has 0 aliphatic heterocycles. The van der Waals surface area contributed by atoms with Crippen LogP contribution in [-0.2, 0) is 4.74 Å². The molecule has 1 aliphatic rings. The first kappa shape index (κ1) is 13.1. The van der Waals surface area contributed by atoms with Gasteiger partial charge in [0.25, 0.3) is 0 Å². The molecule has 1 atom stereocenters. The maximum Gasteiger partial charge on any atom is 0.226 e. The lowest BCUT2D eigenvalue weighted by atomic mass is 10.0. The fourth-order valence-corrected chi connectivity index (χ4v) is 2.50. The second kappa shape index (κ2) is 6.05. The minimum Gasteiger partial charge on any atom is -0.484 e. The number of rotatable bonds is 5. The SMILES string of the molecule is COC(COc1coc(C)cc1=O)C1CCCC1. The van der Waals surface area contributed by atoms with E-state index in [4.69, 9.17) is 13.9 Å². The van der Waals surface area contributed by atoms with Gasteiger partial charge in [-0.1, -0.05) is 12.8 Å². The van der Waals surface area contributed by atoms with Gasteiger partial charge in [-0.2, -0.15) is 0 Å². The molecule has 0 amide bonds. The van der Waals surface area contributed by atoms with Gasteiger partial charge in [-0.3, -0.25) is 4.79 Å². The van der Waals surface area contributed by atoms with Crippen LogP contribution in [0.5, 0.6) is 5.75 Å². The third-order valence-electron chi connectivity index (χ3n) is 3.56. The van der Waals surface area contributed by atoms with Crippen molar-refractivity contribution < 1.29 is 13.9 Å². The molecule has 1 saturated carbocycles. The third kappa shape index (κ3) is 3.13. The molecule has 0 aromatic carbocycles. The number of aryl methyl sites for hydroxylation is 1. The second-order valence-corrected chi connectivity index (χ2v) is 4.85. The summed E-state index contributed by atoms with van der Waals surface area (Å²) in [4.78, 5) is 11.6. The highest BCUT2D eigenvalue weighted by Crippen LogP contribution is 2.29.